The predicted molar refractivity (Wildman–Crippen MR) is 324 cm³/mol. The Morgan fingerprint density at radius 1 is 0.480 bits per heavy atom. The van der Waals surface area contributed by atoms with Crippen LogP contribution in [0.3, 0.4) is 0 Å². The van der Waals surface area contributed by atoms with Crippen LogP contribution in [0.25, 0.3) is 0 Å². The Bertz CT molecular complexity index is 1820. The first-order chi connectivity index (χ1) is 36.5. The van der Waals surface area contributed by atoms with Crippen molar-refractivity contribution in [3.05, 3.63) is 170 Å². The normalized spacial score (nSPS) is 15.1. The van der Waals surface area contributed by atoms with Gasteiger partial charge in [0.15, 0.2) is 0 Å². The van der Waals surface area contributed by atoms with Crippen LogP contribution in [0.4, 0.5) is 0 Å². The molecule has 8 nitrogen and oxygen atoms in total. The molecule has 0 saturated heterocycles. The molecule has 0 aliphatic rings. The van der Waals surface area contributed by atoms with Crippen molar-refractivity contribution in [1.82, 2.24) is 5.32 Å². The average molecular weight is 1060 g/mol. The Hall–Kier alpha value is -4.14. The van der Waals surface area contributed by atoms with Crippen molar-refractivity contribution in [3.8, 4) is 0 Å². The summed E-state index contributed by atoms with van der Waals surface area (Å²) in [6, 6.07) is -0.929. The Balaban J connectivity index is 4.21. The lowest BCUT2D eigenvalue weighted by atomic mass is 10.1. The number of hydrogen-bond acceptors (Lipinski definition) is 6. The molecular formula is C66H107N2O6P. The smallest absolute Gasteiger partial charge is 0.268 e. The molecule has 0 radical (unpaired) electrons. The van der Waals surface area contributed by atoms with Gasteiger partial charge in [-0.3, -0.25) is 9.36 Å². The Morgan fingerprint density at radius 3 is 1.24 bits per heavy atom. The number of phosphoric acid groups is 1. The van der Waals surface area contributed by atoms with Crippen molar-refractivity contribution in [2.75, 3.05) is 40.9 Å². The molecule has 9 heteroatoms. The van der Waals surface area contributed by atoms with Gasteiger partial charge in [-0.15, -0.1) is 0 Å². The van der Waals surface area contributed by atoms with Gasteiger partial charge in [0.25, 0.3) is 7.82 Å². The van der Waals surface area contributed by atoms with Gasteiger partial charge < -0.3 is 28.8 Å². The first-order valence-corrected chi connectivity index (χ1v) is 30.5. The molecule has 0 spiro atoms. The van der Waals surface area contributed by atoms with E-state index in [2.05, 4.69) is 177 Å². The number of nitrogens with one attached hydrogen (secondary N) is 1. The highest BCUT2D eigenvalue weighted by atomic mass is 31.2. The summed E-state index contributed by atoms with van der Waals surface area (Å²) in [6.45, 7) is 4.44. The van der Waals surface area contributed by atoms with Gasteiger partial charge in [-0.1, -0.05) is 229 Å². The third kappa shape index (κ3) is 57.4. The van der Waals surface area contributed by atoms with Gasteiger partial charge in [-0.25, -0.2) is 0 Å². The van der Waals surface area contributed by atoms with E-state index in [1.165, 1.54) is 38.5 Å². The predicted octanol–water partition coefficient (Wildman–Crippen LogP) is 17.4. The number of hydrogen-bond donors (Lipinski definition) is 2. The summed E-state index contributed by atoms with van der Waals surface area (Å²) in [5.41, 5.74) is 0. The second kappa shape index (κ2) is 54.6. The summed E-state index contributed by atoms with van der Waals surface area (Å²) in [7, 11) is 1.20. The number of nitrogens with zero attached hydrogens (tertiary/aromatic N) is 1. The van der Waals surface area contributed by atoms with Gasteiger partial charge in [-0.05, 0) is 122 Å². The molecule has 0 aliphatic heterocycles. The Labute approximate surface area is 460 Å². The van der Waals surface area contributed by atoms with Crippen LogP contribution >= 0.6 is 7.82 Å². The zero-order chi connectivity index (χ0) is 54.9. The van der Waals surface area contributed by atoms with Gasteiger partial charge >= 0.3 is 0 Å². The van der Waals surface area contributed by atoms with E-state index >= 15 is 0 Å². The zero-order valence-electron chi connectivity index (χ0n) is 47.9. The highest BCUT2D eigenvalue weighted by molar-refractivity contribution is 7.45. The van der Waals surface area contributed by atoms with E-state index in [1.807, 2.05) is 27.2 Å². The molecule has 3 unspecified atom stereocenters. The number of aliphatic hydroxyl groups excluding tert-OH is 1. The van der Waals surface area contributed by atoms with Crippen molar-refractivity contribution in [2.45, 2.75) is 199 Å². The van der Waals surface area contributed by atoms with Gasteiger partial charge in [0.1, 0.15) is 13.2 Å². The number of allylic oxidation sites excluding steroid dienone is 27. The molecular weight excluding hydrogens is 948 g/mol. The molecule has 3 atom stereocenters. The van der Waals surface area contributed by atoms with E-state index in [1.54, 1.807) is 6.08 Å². The fourth-order valence-electron chi connectivity index (χ4n) is 7.15. The summed E-state index contributed by atoms with van der Waals surface area (Å²) >= 11 is 0. The lowest BCUT2D eigenvalue weighted by molar-refractivity contribution is -0.870. The minimum Gasteiger partial charge on any atom is -0.756 e. The first-order valence-electron chi connectivity index (χ1n) is 29.0. The summed E-state index contributed by atoms with van der Waals surface area (Å²) < 4.78 is 23.2. The number of carbonyl (C=O) groups excluding carboxylic acids is 1. The Morgan fingerprint density at radius 2 is 0.827 bits per heavy atom. The van der Waals surface area contributed by atoms with Crippen LogP contribution < -0.4 is 10.2 Å². The maximum atomic E-state index is 12.9. The number of carbonyl (C=O) groups is 1. The van der Waals surface area contributed by atoms with E-state index in [4.69, 9.17) is 9.05 Å². The standard InChI is InChI=1S/C66H107N2O6P/c1-6-8-10-12-14-16-18-20-21-22-23-24-25-26-27-28-29-30-31-32-33-34-35-36-37-38-39-40-41-42-43-44-45-46-47-48-50-52-54-56-58-60-66(70)67-64(63-74-75(71,72)73-62-61-68(3,4)5)65(69)59-57-55-53-51-49-19-17-15-13-11-9-7-2/h8,10,14,16,20-21,23-24,26-27,29-30,32-33,35-36,38-39,41-42,44-45,47-49,51,57,59,64-65,69H,6-7,9,11-13,15,17-19,22,25,28,31,34,37,40,43,46,50,52-56,58,60-63H2,1-5H3,(H-,67,70,71,72)/b10-8-,16-14-,21-20-,24-23-,27-26-,30-29-,33-32-,36-35-,39-38-,42-41-,45-44-,48-47-,51-49+,59-57+. The van der Waals surface area contributed by atoms with Crippen LogP contribution in [-0.4, -0.2) is 68.5 Å². The largest absolute Gasteiger partial charge is 0.756 e. The van der Waals surface area contributed by atoms with E-state index in [9.17, 15) is 19.4 Å². The van der Waals surface area contributed by atoms with Crippen LogP contribution in [0.1, 0.15) is 187 Å². The van der Waals surface area contributed by atoms with Crippen LogP contribution in [0.2, 0.25) is 0 Å². The average Bonchev–Trinajstić information content (AvgIpc) is 3.37. The molecule has 0 rings (SSSR count). The third-order valence-corrected chi connectivity index (χ3v) is 12.6. The molecule has 1 amide bonds. The summed E-state index contributed by atoms with van der Waals surface area (Å²) in [6.07, 6.45) is 87.3. The first kappa shape index (κ1) is 70.9. The van der Waals surface area contributed by atoms with Gasteiger partial charge in [0.2, 0.25) is 5.91 Å². The van der Waals surface area contributed by atoms with Crippen molar-refractivity contribution in [3.63, 3.8) is 0 Å². The number of rotatable bonds is 50. The van der Waals surface area contributed by atoms with Crippen molar-refractivity contribution >= 4 is 13.7 Å². The fourth-order valence-corrected chi connectivity index (χ4v) is 7.87. The summed E-state index contributed by atoms with van der Waals surface area (Å²) in [5.74, 6) is -0.241. The molecule has 75 heavy (non-hydrogen) atoms. The van der Waals surface area contributed by atoms with Crippen LogP contribution in [0.5, 0.6) is 0 Å². The Kier molecular flexibility index (Phi) is 51.6. The molecule has 0 saturated carbocycles. The third-order valence-electron chi connectivity index (χ3n) is 11.7. The molecule has 0 heterocycles. The maximum Gasteiger partial charge on any atom is 0.268 e. The lowest BCUT2D eigenvalue weighted by Gasteiger charge is -2.29. The topological polar surface area (TPSA) is 108 Å². The van der Waals surface area contributed by atoms with Crippen LogP contribution in [0.15, 0.2) is 170 Å². The number of phosphoric ester groups is 1. The fraction of sp³-hybridized carbons (Fsp3) is 0.561. The number of likely N-dealkylation sites (N-methyl/N-ethyl adjacent to an activating group) is 1. The van der Waals surface area contributed by atoms with E-state index < -0.39 is 26.6 Å². The highest BCUT2D eigenvalue weighted by Crippen LogP contribution is 2.38. The quantitative estimate of drug-likeness (QED) is 0.0272. The number of quaternary nitrogens is 1. The molecule has 0 aromatic carbocycles. The van der Waals surface area contributed by atoms with Crippen molar-refractivity contribution < 1.29 is 32.9 Å². The monoisotopic (exact) mass is 1050 g/mol. The second-order valence-corrected chi connectivity index (χ2v) is 21.3. The molecule has 0 fully saturated rings. The van der Waals surface area contributed by atoms with Gasteiger partial charge in [-0.2, -0.15) is 0 Å². The van der Waals surface area contributed by atoms with Gasteiger partial charge in [0, 0.05) is 6.42 Å². The summed E-state index contributed by atoms with van der Waals surface area (Å²) in [4.78, 5) is 25.4. The minimum atomic E-state index is -4.62. The lowest BCUT2D eigenvalue weighted by Crippen LogP contribution is -2.45. The molecule has 0 aliphatic carbocycles. The van der Waals surface area contributed by atoms with E-state index in [0.717, 1.165) is 122 Å². The number of amides is 1. The second-order valence-electron chi connectivity index (χ2n) is 19.9. The SMILES string of the molecule is CC/C=C\C/C=C\C/C=C\C/C=C\C/C=C\C/C=C\C/C=C\C/C=C\C/C=C\C/C=C\C/C=C\C/C=C\CCCCCCC(=O)NC(COP(=O)([O-])OCC[N+](C)(C)C)C(O)/C=C/CC/C=C/CCCCCCCC. The maximum absolute atomic E-state index is 12.9. The molecule has 0 aromatic heterocycles. The van der Waals surface area contributed by atoms with Gasteiger partial charge in [0.05, 0.1) is 39.9 Å². The summed E-state index contributed by atoms with van der Waals surface area (Å²) in [5, 5.41) is 13.8. The molecule has 422 valence electrons. The highest BCUT2D eigenvalue weighted by Gasteiger charge is 2.23. The van der Waals surface area contributed by atoms with E-state index in [-0.39, 0.29) is 12.5 Å². The molecule has 0 bridgehead atoms. The van der Waals surface area contributed by atoms with E-state index in [0.29, 0.717) is 23.9 Å². The van der Waals surface area contributed by atoms with Crippen LogP contribution in [0, 0.1) is 0 Å². The number of aliphatic hydroxyl groups is 1. The van der Waals surface area contributed by atoms with Crippen molar-refractivity contribution in [2.24, 2.45) is 0 Å². The zero-order valence-corrected chi connectivity index (χ0v) is 48.8. The van der Waals surface area contributed by atoms with Crippen molar-refractivity contribution in [1.29, 1.82) is 0 Å². The number of unbranched alkanes of at least 4 members (excludes halogenated alkanes) is 11. The molecule has 0 aromatic rings. The molecule has 2 N–H and O–H groups in total. The van der Waals surface area contributed by atoms with Crippen LogP contribution in [-0.2, 0) is 18.4 Å². The minimum absolute atomic E-state index is 0.0211.